The van der Waals surface area contributed by atoms with Crippen molar-refractivity contribution >= 4 is 23.3 Å². The van der Waals surface area contributed by atoms with Crippen molar-refractivity contribution < 1.29 is 19.9 Å². The Morgan fingerprint density at radius 1 is 1.65 bits per heavy atom. The molecule has 1 aromatic carbocycles. The molecule has 7 nitrogen and oxygen atoms in total. The molecule has 1 aromatic rings. The van der Waals surface area contributed by atoms with Crippen LogP contribution in [0.15, 0.2) is 6.07 Å². The van der Waals surface area contributed by atoms with Crippen LogP contribution in [0.2, 0.25) is 5.02 Å². The van der Waals surface area contributed by atoms with Crippen LogP contribution in [-0.4, -0.2) is 21.1 Å². The van der Waals surface area contributed by atoms with E-state index in [2.05, 4.69) is 0 Å². The maximum Gasteiger partial charge on any atom is 0.325 e. The lowest BCUT2D eigenvalue weighted by molar-refractivity contribution is -0.385. The minimum Gasteiger partial charge on any atom is -0.506 e. The summed E-state index contributed by atoms with van der Waals surface area (Å²) in [5.74, 6) is -1.97. The van der Waals surface area contributed by atoms with Crippen molar-refractivity contribution in [1.82, 2.24) is 0 Å². The Hall–Kier alpha value is -1.86. The SMILES string of the molecule is Cc1c([N+](=O)[O-])cc([C@H](N)C(=O)O)c(O)c1Cl. The number of hydrogen-bond donors (Lipinski definition) is 3. The highest BCUT2D eigenvalue weighted by atomic mass is 35.5. The molecule has 4 N–H and O–H groups in total. The fraction of sp³-hybridized carbons (Fsp3) is 0.222. The first kappa shape index (κ1) is 13.2. The van der Waals surface area contributed by atoms with Gasteiger partial charge in [-0.2, -0.15) is 0 Å². The van der Waals surface area contributed by atoms with Gasteiger partial charge in [0, 0.05) is 17.2 Å². The molecule has 0 amide bonds. The van der Waals surface area contributed by atoms with Crippen molar-refractivity contribution in [3.8, 4) is 5.75 Å². The van der Waals surface area contributed by atoms with Crippen molar-refractivity contribution in [2.45, 2.75) is 13.0 Å². The van der Waals surface area contributed by atoms with Crippen LogP contribution in [0.5, 0.6) is 5.75 Å². The molecule has 1 rings (SSSR count). The number of phenols is 1. The molecule has 0 radical (unpaired) electrons. The van der Waals surface area contributed by atoms with Gasteiger partial charge in [-0.15, -0.1) is 0 Å². The topological polar surface area (TPSA) is 127 Å². The van der Waals surface area contributed by atoms with Crippen LogP contribution < -0.4 is 5.73 Å². The molecule has 0 aliphatic rings. The zero-order valence-corrected chi connectivity index (χ0v) is 9.43. The number of nitrogens with two attached hydrogens (primary N) is 1. The van der Waals surface area contributed by atoms with Crippen LogP contribution in [0.25, 0.3) is 0 Å². The van der Waals surface area contributed by atoms with E-state index in [-0.39, 0.29) is 21.8 Å². The maximum atomic E-state index is 10.7. The summed E-state index contributed by atoms with van der Waals surface area (Å²) in [6.45, 7) is 1.34. The van der Waals surface area contributed by atoms with Crippen LogP contribution >= 0.6 is 11.6 Å². The summed E-state index contributed by atoms with van der Waals surface area (Å²) in [7, 11) is 0. The number of hydrogen-bond acceptors (Lipinski definition) is 5. The summed E-state index contributed by atoms with van der Waals surface area (Å²) in [6, 6.07) is -0.665. The third kappa shape index (κ3) is 2.29. The van der Waals surface area contributed by atoms with E-state index in [4.69, 9.17) is 22.4 Å². The average molecular weight is 261 g/mol. The lowest BCUT2D eigenvalue weighted by atomic mass is 10.0. The minimum atomic E-state index is -1.58. The van der Waals surface area contributed by atoms with Crippen LogP contribution in [0.3, 0.4) is 0 Å². The number of nitrogens with zero attached hydrogens (tertiary/aromatic N) is 1. The van der Waals surface area contributed by atoms with Crippen LogP contribution in [0.1, 0.15) is 17.2 Å². The summed E-state index contributed by atoms with van der Waals surface area (Å²) in [4.78, 5) is 20.7. The van der Waals surface area contributed by atoms with Gasteiger partial charge in [-0.05, 0) is 6.92 Å². The fourth-order valence-electron chi connectivity index (χ4n) is 1.30. The zero-order chi connectivity index (χ0) is 13.3. The summed E-state index contributed by atoms with van der Waals surface area (Å²) < 4.78 is 0. The highest BCUT2D eigenvalue weighted by Gasteiger charge is 2.26. The van der Waals surface area contributed by atoms with Gasteiger partial charge in [0.05, 0.1) is 9.95 Å². The van der Waals surface area contributed by atoms with E-state index in [1.165, 1.54) is 6.92 Å². The van der Waals surface area contributed by atoms with Gasteiger partial charge >= 0.3 is 5.97 Å². The lowest BCUT2D eigenvalue weighted by Gasteiger charge is -2.12. The van der Waals surface area contributed by atoms with Crippen LogP contribution in [0, 0.1) is 17.0 Å². The van der Waals surface area contributed by atoms with Gasteiger partial charge in [0.25, 0.3) is 5.69 Å². The second-order valence-corrected chi connectivity index (χ2v) is 3.72. The number of nitro benzene ring substituents is 1. The average Bonchev–Trinajstić information content (AvgIpc) is 2.24. The number of aliphatic carboxylic acids is 1. The second kappa shape index (κ2) is 4.56. The van der Waals surface area contributed by atoms with Crippen molar-refractivity contribution in [1.29, 1.82) is 0 Å². The summed E-state index contributed by atoms with van der Waals surface area (Å²) in [5.41, 5.74) is 4.66. The third-order valence-electron chi connectivity index (χ3n) is 2.28. The number of benzene rings is 1. The molecule has 0 spiro atoms. The maximum absolute atomic E-state index is 10.7. The number of carbonyl (C=O) groups is 1. The number of nitro groups is 1. The molecule has 0 fully saturated rings. The van der Waals surface area contributed by atoms with Gasteiger partial charge in [-0.25, -0.2) is 0 Å². The van der Waals surface area contributed by atoms with E-state index >= 15 is 0 Å². The Morgan fingerprint density at radius 2 is 2.18 bits per heavy atom. The van der Waals surface area contributed by atoms with Crippen LogP contribution in [0.4, 0.5) is 5.69 Å². The van der Waals surface area contributed by atoms with Crippen molar-refractivity contribution in [3.05, 3.63) is 32.3 Å². The quantitative estimate of drug-likeness (QED) is 0.556. The lowest BCUT2D eigenvalue weighted by Crippen LogP contribution is -2.21. The van der Waals surface area contributed by atoms with Gasteiger partial charge in [0.15, 0.2) is 0 Å². The predicted octanol–water partition coefficient (Wildman–Crippen LogP) is 1.35. The van der Waals surface area contributed by atoms with Gasteiger partial charge in [-0.1, -0.05) is 11.6 Å². The van der Waals surface area contributed by atoms with E-state index in [1.54, 1.807) is 0 Å². The summed E-state index contributed by atoms with van der Waals surface area (Å²) >= 11 is 5.68. The first-order valence-electron chi connectivity index (χ1n) is 4.42. The highest BCUT2D eigenvalue weighted by molar-refractivity contribution is 6.33. The number of aromatic hydroxyl groups is 1. The zero-order valence-electron chi connectivity index (χ0n) is 8.68. The van der Waals surface area contributed by atoms with Gasteiger partial charge < -0.3 is 15.9 Å². The molecule has 0 saturated carbocycles. The number of phenolic OH excluding ortho intramolecular Hbond substituents is 1. The standard InChI is InChI=1S/C9H9ClN2O5/c1-3-5(12(16)17)2-4(7(11)9(14)15)8(13)6(3)10/h2,7,13H,11H2,1H3,(H,14,15)/t7-/m0/s1. The largest absolute Gasteiger partial charge is 0.506 e. The number of halogens is 1. The second-order valence-electron chi connectivity index (χ2n) is 3.35. The van der Waals surface area contributed by atoms with Crippen molar-refractivity contribution in [3.63, 3.8) is 0 Å². The van der Waals surface area contributed by atoms with E-state index in [0.29, 0.717) is 0 Å². The molecule has 8 heteroatoms. The molecular weight excluding hydrogens is 252 g/mol. The molecule has 0 bridgehead atoms. The van der Waals surface area contributed by atoms with E-state index in [9.17, 15) is 20.0 Å². The minimum absolute atomic E-state index is 0.0514. The third-order valence-corrected chi connectivity index (χ3v) is 2.75. The van der Waals surface area contributed by atoms with Gasteiger partial charge in [-0.3, -0.25) is 14.9 Å². The number of carboxylic acids is 1. The van der Waals surface area contributed by atoms with Crippen LogP contribution in [-0.2, 0) is 4.79 Å². The van der Waals surface area contributed by atoms with Crippen molar-refractivity contribution in [2.75, 3.05) is 0 Å². The van der Waals surface area contributed by atoms with E-state index in [1.807, 2.05) is 0 Å². The Bertz CT molecular complexity index is 503. The molecule has 0 unspecified atom stereocenters. The summed E-state index contributed by atoms with van der Waals surface area (Å²) in [5, 5.41) is 28.7. The molecule has 0 aromatic heterocycles. The molecular formula is C9H9ClN2O5. The smallest absolute Gasteiger partial charge is 0.325 e. The van der Waals surface area contributed by atoms with Crippen molar-refractivity contribution in [2.24, 2.45) is 5.73 Å². The molecule has 92 valence electrons. The molecule has 1 atom stereocenters. The normalized spacial score (nSPS) is 12.2. The Labute approximate surface area is 101 Å². The highest BCUT2D eigenvalue weighted by Crippen LogP contribution is 2.38. The Kier molecular flexibility index (Phi) is 3.54. The van der Waals surface area contributed by atoms with E-state index < -0.39 is 22.7 Å². The Morgan fingerprint density at radius 3 is 2.59 bits per heavy atom. The predicted molar refractivity (Wildman–Crippen MR) is 59.1 cm³/mol. The fourth-order valence-corrected chi connectivity index (χ4v) is 1.51. The van der Waals surface area contributed by atoms with E-state index in [0.717, 1.165) is 6.07 Å². The first-order valence-corrected chi connectivity index (χ1v) is 4.80. The van der Waals surface area contributed by atoms with Gasteiger partial charge in [0.1, 0.15) is 11.8 Å². The summed E-state index contributed by atoms with van der Waals surface area (Å²) in [6.07, 6.45) is 0. The van der Waals surface area contributed by atoms with Gasteiger partial charge in [0.2, 0.25) is 0 Å². The molecule has 17 heavy (non-hydrogen) atoms. The molecule has 0 heterocycles. The monoisotopic (exact) mass is 260 g/mol. The molecule has 0 saturated heterocycles. The Balaban J connectivity index is 3.52. The number of carboxylic acid groups (broad SMARTS) is 1. The molecule has 0 aliphatic heterocycles. The number of rotatable bonds is 3. The first-order chi connectivity index (χ1) is 7.77. The molecule has 0 aliphatic carbocycles.